The SMILES string of the molecule is CCCC(CN)N1CCC(N2CCCC2)C1. The van der Waals surface area contributed by atoms with Crippen molar-refractivity contribution in [2.24, 2.45) is 5.73 Å². The van der Waals surface area contributed by atoms with E-state index >= 15 is 0 Å². The first-order chi connectivity index (χ1) is 7.85. The van der Waals surface area contributed by atoms with Gasteiger partial charge in [-0.15, -0.1) is 0 Å². The van der Waals surface area contributed by atoms with E-state index in [1.54, 1.807) is 0 Å². The lowest BCUT2D eigenvalue weighted by Crippen LogP contribution is -2.42. The minimum absolute atomic E-state index is 0.637. The molecule has 0 aliphatic carbocycles. The molecule has 2 saturated heterocycles. The fourth-order valence-corrected chi connectivity index (χ4v) is 3.29. The number of hydrogen-bond acceptors (Lipinski definition) is 3. The fourth-order valence-electron chi connectivity index (χ4n) is 3.29. The number of hydrogen-bond donors (Lipinski definition) is 1. The summed E-state index contributed by atoms with van der Waals surface area (Å²) in [6.45, 7) is 8.29. The number of likely N-dealkylation sites (tertiary alicyclic amines) is 2. The van der Waals surface area contributed by atoms with Crippen molar-refractivity contribution in [2.45, 2.75) is 51.1 Å². The molecule has 0 aromatic rings. The Morgan fingerprint density at radius 2 is 2.00 bits per heavy atom. The van der Waals surface area contributed by atoms with Gasteiger partial charge in [-0.2, -0.15) is 0 Å². The van der Waals surface area contributed by atoms with Crippen LogP contribution in [0.4, 0.5) is 0 Å². The normalized spacial score (nSPS) is 30.0. The van der Waals surface area contributed by atoms with Crippen molar-refractivity contribution in [1.82, 2.24) is 9.80 Å². The van der Waals surface area contributed by atoms with Gasteiger partial charge in [-0.05, 0) is 38.8 Å². The fraction of sp³-hybridized carbons (Fsp3) is 1.00. The molecule has 3 heteroatoms. The van der Waals surface area contributed by atoms with Crippen molar-refractivity contribution in [1.29, 1.82) is 0 Å². The van der Waals surface area contributed by atoms with Gasteiger partial charge in [0.1, 0.15) is 0 Å². The van der Waals surface area contributed by atoms with Crippen LogP contribution in [0.2, 0.25) is 0 Å². The molecule has 0 aromatic heterocycles. The quantitative estimate of drug-likeness (QED) is 0.765. The van der Waals surface area contributed by atoms with Crippen molar-refractivity contribution in [3.8, 4) is 0 Å². The van der Waals surface area contributed by atoms with Crippen LogP contribution in [0.3, 0.4) is 0 Å². The molecule has 0 bridgehead atoms. The lowest BCUT2D eigenvalue weighted by atomic mass is 10.1. The van der Waals surface area contributed by atoms with Gasteiger partial charge in [-0.3, -0.25) is 9.80 Å². The van der Waals surface area contributed by atoms with E-state index in [1.165, 1.54) is 58.3 Å². The molecule has 2 unspecified atom stereocenters. The maximum Gasteiger partial charge on any atom is 0.0235 e. The van der Waals surface area contributed by atoms with Crippen molar-refractivity contribution in [3.63, 3.8) is 0 Å². The molecule has 94 valence electrons. The van der Waals surface area contributed by atoms with Gasteiger partial charge in [0.15, 0.2) is 0 Å². The van der Waals surface area contributed by atoms with Crippen LogP contribution in [0, 0.1) is 0 Å². The first kappa shape index (κ1) is 12.3. The standard InChI is InChI=1S/C13H27N3/c1-2-5-12(10-14)16-9-6-13(11-16)15-7-3-4-8-15/h12-13H,2-11,14H2,1H3. The Morgan fingerprint density at radius 3 is 2.62 bits per heavy atom. The van der Waals surface area contributed by atoms with Crippen LogP contribution < -0.4 is 5.73 Å². The Balaban J connectivity index is 1.81. The first-order valence-corrected chi connectivity index (χ1v) is 7.03. The Labute approximate surface area is 100.0 Å². The van der Waals surface area contributed by atoms with Gasteiger partial charge < -0.3 is 5.73 Å². The first-order valence-electron chi connectivity index (χ1n) is 7.03. The third-order valence-corrected chi connectivity index (χ3v) is 4.26. The highest BCUT2D eigenvalue weighted by Crippen LogP contribution is 2.22. The predicted octanol–water partition coefficient (Wildman–Crippen LogP) is 1.28. The summed E-state index contributed by atoms with van der Waals surface area (Å²) in [4.78, 5) is 5.33. The molecule has 2 rings (SSSR count). The molecule has 2 heterocycles. The molecule has 0 saturated carbocycles. The van der Waals surface area contributed by atoms with Gasteiger partial charge in [0.25, 0.3) is 0 Å². The summed E-state index contributed by atoms with van der Waals surface area (Å²) in [7, 11) is 0. The molecular formula is C13H27N3. The maximum atomic E-state index is 5.88. The van der Waals surface area contributed by atoms with Crippen LogP contribution in [-0.4, -0.2) is 54.6 Å². The maximum absolute atomic E-state index is 5.88. The summed E-state index contributed by atoms with van der Waals surface area (Å²) < 4.78 is 0. The van der Waals surface area contributed by atoms with Gasteiger partial charge in [0, 0.05) is 31.7 Å². The smallest absolute Gasteiger partial charge is 0.0235 e. The van der Waals surface area contributed by atoms with Crippen molar-refractivity contribution < 1.29 is 0 Å². The van der Waals surface area contributed by atoms with Crippen molar-refractivity contribution in [3.05, 3.63) is 0 Å². The van der Waals surface area contributed by atoms with Gasteiger partial charge in [0.2, 0.25) is 0 Å². The Morgan fingerprint density at radius 1 is 1.25 bits per heavy atom. The summed E-state index contributed by atoms with van der Waals surface area (Å²) in [6, 6.07) is 1.46. The highest BCUT2D eigenvalue weighted by molar-refractivity contribution is 4.88. The molecule has 0 spiro atoms. The minimum atomic E-state index is 0.637. The van der Waals surface area contributed by atoms with E-state index in [0.29, 0.717) is 6.04 Å². The molecular weight excluding hydrogens is 198 g/mol. The van der Waals surface area contributed by atoms with E-state index in [1.807, 2.05) is 0 Å². The van der Waals surface area contributed by atoms with Crippen LogP contribution in [-0.2, 0) is 0 Å². The third kappa shape index (κ3) is 2.76. The number of nitrogens with zero attached hydrogens (tertiary/aromatic N) is 2. The van der Waals surface area contributed by atoms with Gasteiger partial charge >= 0.3 is 0 Å². The van der Waals surface area contributed by atoms with E-state index in [4.69, 9.17) is 5.73 Å². The van der Waals surface area contributed by atoms with Crippen LogP contribution in [0.5, 0.6) is 0 Å². The summed E-state index contributed by atoms with van der Waals surface area (Å²) >= 11 is 0. The molecule has 0 aromatic carbocycles. The van der Waals surface area contributed by atoms with Crippen molar-refractivity contribution >= 4 is 0 Å². The Bertz CT molecular complexity index is 201. The van der Waals surface area contributed by atoms with Crippen molar-refractivity contribution in [2.75, 3.05) is 32.7 Å². The third-order valence-electron chi connectivity index (χ3n) is 4.26. The van der Waals surface area contributed by atoms with Crippen LogP contribution >= 0.6 is 0 Å². The van der Waals surface area contributed by atoms with Gasteiger partial charge in [-0.25, -0.2) is 0 Å². The second-order valence-corrected chi connectivity index (χ2v) is 5.36. The Hall–Kier alpha value is -0.120. The average Bonchev–Trinajstić information content (AvgIpc) is 2.95. The van der Waals surface area contributed by atoms with Crippen LogP contribution in [0.25, 0.3) is 0 Å². The molecule has 16 heavy (non-hydrogen) atoms. The molecule has 0 amide bonds. The van der Waals surface area contributed by atoms with Gasteiger partial charge in [-0.1, -0.05) is 13.3 Å². The topological polar surface area (TPSA) is 32.5 Å². The largest absolute Gasteiger partial charge is 0.329 e. The monoisotopic (exact) mass is 225 g/mol. The summed E-state index contributed by atoms with van der Waals surface area (Å²) in [5.74, 6) is 0. The summed E-state index contributed by atoms with van der Waals surface area (Å²) in [5, 5.41) is 0. The molecule has 3 nitrogen and oxygen atoms in total. The predicted molar refractivity (Wildman–Crippen MR) is 68.5 cm³/mol. The van der Waals surface area contributed by atoms with E-state index in [2.05, 4.69) is 16.7 Å². The van der Waals surface area contributed by atoms with E-state index < -0.39 is 0 Å². The second kappa shape index (κ2) is 5.99. The second-order valence-electron chi connectivity index (χ2n) is 5.36. The van der Waals surface area contributed by atoms with E-state index in [-0.39, 0.29) is 0 Å². The highest BCUT2D eigenvalue weighted by atomic mass is 15.3. The molecule has 0 radical (unpaired) electrons. The van der Waals surface area contributed by atoms with Gasteiger partial charge in [0.05, 0.1) is 0 Å². The molecule has 2 atom stereocenters. The summed E-state index contributed by atoms with van der Waals surface area (Å²) in [6.07, 6.45) is 6.70. The van der Waals surface area contributed by atoms with Crippen LogP contribution in [0.15, 0.2) is 0 Å². The molecule has 2 aliphatic heterocycles. The minimum Gasteiger partial charge on any atom is -0.329 e. The van der Waals surface area contributed by atoms with E-state index in [9.17, 15) is 0 Å². The molecule has 2 N–H and O–H groups in total. The zero-order valence-electron chi connectivity index (χ0n) is 10.7. The van der Waals surface area contributed by atoms with Crippen LogP contribution in [0.1, 0.15) is 39.0 Å². The Kier molecular flexibility index (Phi) is 4.62. The zero-order chi connectivity index (χ0) is 11.4. The average molecular weight is 225 g/mol. The lowest BCUT2D eigenvalue weighted by Gasteiger charge is -2.28. The summed E-state index contributed by atoms with van der Waals surface area (Å²) in [5.41, 5.74) is 5.88. The zero-order valence-corrected chi connectivity index (χ0v) is 10.7. The number of rotatable bonds is 5. The lowest BCUT2D eigenvalue weighted by molar-refractivity contribution is 0.195. The van der Waals surface area contributed by atoms with E-state index in [0.717, 1.165) is 12.6 Å². The number of nitrogens with two attached hydrogens (primary N) is 1. The molecule has 2 aliphatic rings. The molecule has 2 fully saturated rings. The highest BCUT2D eigenvalue weighted by Gasteiger charge is 2.31.